The number of amides is 3. The molecule has 4 rings (SSSR count). The summed E-state index contributed by atoms with van der Waals surface area (Å²) in [6.07, 6.45) is 0.259. The second kappa shape index (κ2) is 14.3. The lowest BCUT2D eigenvalue weighted by Gasteiger charge is -2.09. The number of anilines is 3. The first-order chi connectivity index (χ1) is 19.8. The topological polar surface area (TPSA) is 114 Å². The lowest BCUT2D eigenvalue weighted by Crippen LogP contribution is -2.16. The van der Waals surface area contributed by atoms with Gasteiger partial charge in [0.05, 0.1) is 29.2 Å². The fraction of sp³-hybridized carbons (Fsp3) is 0.161. The molecule has 10 heteroatoms. The van der Waals surface area contributed by atoms with Crippen LogP contribution in [0.1, 0.15) is 38.1 Å². The highest BCUT2D eigenvalue weighted by atomic mass is 32.2. The van der Waals surface area contributed by atoms with E-state index >= 15 is 0 Å². The van der Waals surface area contributed by atoms with E-state index in [1.807, 2.05) is 42.5 Å². The Labute approximate surface area is 246 Å². The Hall–Kier alpha value is -4.41. The molecule has 0 fully saturated rings. The Morgan fingerprint density at radius 1 is 0.805 bits per heavy atom. The van der Waals surface area contributed by atoms with Gasteiger partial charge in [0.2, 0.25) is 11.8 Å². The SMILES string of the molecule is CCOC(=O)c1c(NC(=O)CSc2cccc(NC(=O)Cc3ccccc3)c2)sc(C(=O)Nc2ccccc2)c1C. The quantitative estimate of drug-likeness (QED) is 0.138. The molecule has 0 unspecified atom stereocenters. The Bertz CT molecular complexity index is 1540. The summed E-state index contributed by atoms with van der Waals surface area (Å²) in [5.41, 5.74) is 2.76. The number of esters is 1. The van der Waals surface area contributed by atoms with E-state index in [0.29, 0.717) is 21.8 Å². The number of hydrogen-bond donors (Lipinski definition) is 3. The molecule has 3 N–H and O–H groups in total. The predicted octanol–water partition coefficient (Wildman–Crippen LogP) is 6.40. The van der Waals surface area contributed by atoms with Crippen molar-refractivity contribution in [3.8, 4) is 0 Å². The molecule has 1 aromatic heterocycles. The molecule has 1 heterocycles. The van der Waals surface area contributed by atoms with Gasteiger partial charge >= 0.3 is 5.97 Å². The third-order valence-electron chi connectivity index (χ3n) is 5.81. The van der Waals surface area contributed by atoms with E-state index in [2.05, 4.69) is 16.0 Å². The zero-order valence-corrected chi connectivity index (χ0v) is 24.2. The van der Waals surface area contributed by atoms with Crippen LogP contribution in [-0.2, 0) is 20.7 Å². The molecule has 3 aromatic carbocycles. The van der Waals surface area contributed by atoms with E-state index in [9.17, 15) is 19.2 Å². The fourth-order valence-electron chi connectivity index (χ4n) is 3.94. The minimum absolute atomic E-state index is 0.0478. The van der Waals surface area contributed by atoms with E-state index in [1.165, 1.54) is 11.8 Å². The summed E-state index contributed by atoms with van der Waals surface area (Å²) in [4.78, 5) is 52.2. The van der Waals surface area contributed by atoms with Crippen molar-refractivity contribution in [3.63, 3.8) is 0 Å². The molecule has 0 saturated carbocycles. The van der Waals surface area contributed by atoms with E-state index in [4.69, 9.17) is 4.74 Å². The van der Waals surface area contributed by atoms with Gasteiger partial charge in [-0.05, 0) is 55.3 Å². The molecule has 0 atom stereocenters. The summed E-state index contributed by atoms with van der Waals surface area (Å²) < 4.78 is 5.20. The van der Waals surface area contributed by atoms with Crippen molar-refractivity contribution in [2.45, 2.75) is 25.2 Å². The van der Waals surface area contributed by atoms with Crippen molar-refractivity contribution in [1.29, 1.82) is 0 Å². The number of para-hydroxylation sites is 1. The van der Waals surface area contributed by atoms with E-state index in [1.54, 1.807) is 56.3 Å². The normalized spacial score (nSPS) is 10.5. The Morgan fingerprint density at radius 3 is 2.20 bits per heavy atom. The van der Waals surface area contributed by atoms with E-state index in [0.717, 1.165) is 21.8 Å². The summed E-state index contributed by atoms with van der Waals surface area (Å²) in [5.74, 6) is -1.43. The highest BCUT2D eigenvalue weighted by Gasteiger charge is 2.26. The lowest BCUT2D eigenvalue weighted by atomic mass is 10.1. The summed E-state index contributed by atoms with van der Waals surface area (Å²) in [5, 5.41) is 8.74. The number of carbonyl (C=O) groups excluding carboxylic acids is 4. The number of thioether (sulfide) groups is 1. The van der Waals surface area contributed by atoms with Crippen molar-refractivity contribution in [3.05, 3.63) is 106 Å². The summed E-state index contributed by atoms with van der Waals surface area (Å²) in [6.45, 7) is 3.50. The zero-order valence-electron chi connectivity index (χ0n) is 22.6. The van der Waals surface area contributed by atoms with Crippen LogP contribution in [0.2, 0.25) is 0 Å². The molecule has 0 saturated heterocycles. The minimum atomic E-state index is -0.609. The number of ether oxygens (including phenoxy) is 1. The molecule has 0 aliphatic heterocycles. The van der Waals surface area contributed by atoms with Gasteiger partial charge in [0, 0.05) is 16.3 Å². The first-order valence-electron chi connectivity index (χ1n) is 12.9. The van der Waals surface area contributed by atoms with Crippen LogP contribution in [0, 0.1) is 6.92 Å². The largest absolute Gasteiger partial charge is 0.462 e. The number of carbonyl (C=O) groups is 4. The molecule has 0 aliphatic rings. The van der Waals surface area contributed by atoms with Crippen LogP contribution in [0.5, 0.6) is 0 Å². The number of thiophene rings is 1. The summed E-state index contributed by atoms with van der Waals surface area (Å²) in [7, 11) is 0. The number of benzene rings is 3. The molecule has 0 bridgehead atoms. The predicted molar refractivity (Wildman–Crippen MR) is 164 cm³/mol. The molecule has 4 aromatic rings. The Kier molecular flexibility index (Phi) is 10.3. The molecule has 41 heavy (non-hydrogen) atoms. The third-order valence-corrected chi connectivity index (χ3v) is 8.01. The van der Waals surface area contributed by atoms with Crippen LogP contribution in [0.25, 0.3) is 0 Å². The van der Waals surface area contributed by atoms with Crippen LogP contribution in [0.3, 0.4) is 0 Å². The van der Waals surface area contributed by atoms with Crippen molar-refractivity contribution in [1.82, 2.24) is 0 Å². The molecule has 0 aliphatic carbocycles. The van der Waals surface area contributed by atoms with E-state index < -0.39 is 5.97 Å². The number of hydrogen-bond acceptors (Lipinski definition) is 7. The molecular formula is C31H29N3O5S2. The molecular weight excluding hydrogens is 558 g/mol. The van der Waals surface area contributed by atoms with Gasteiger partial charge in [0.1, 0.15) is 5.00 Å². The third kappa shape index (κ3) is 8.29. The van der Waals surface area contributed by atoms with Crippen LogP contribution in [0.4, 0.5) is 16.4 Å². The second-order valence-corrected chi connectivity index (χ2v) is 10.9. The highest BCUT2D eigenvalue weighted by Crippen LogP contribution is 2.35. The highest BCUT2D eigenvalue weighted by molar-refractivity contribution is 8.00. The summed E-state index contributed by atoms with van der Waals surface area (Å²) in [6, 6.07) is 25.7. The van der Waals surface area contributed by atoms with Crippen LogP contribution >= 0.6 is 23.1 Å². The zero-order chi connectivity index (χ0) is 29.2. The van der Waals surface area contributed by atoms with Crippen LogP contribution in [0.15, 0.2) is 89.8 Å². The molecule has 8 nitrogen and oxygen atoms in total. The van der Waals surface area contributed by atoms with Gasteiger partial charge in [0.25, 0.3) is 5.91 Å². The molecule has 210 valence electrons. The van der Waals surface area contributed by atoms with Gasteiger partial charge in [-0.3, -0.25) is 14.4 Å². The van der Waals surface area contributed by atoms with Crippen molar-refractivity contribution in [2.75, 3.05) is 28.3 Å². The first kappa shape index (κ1) is 29.6. The maximum absolute atomic E-state index is 13.0. The number of nitrogens with one attached hydrogen (secondary N) is 3. The lowest BCUT2D eigenvalue weighted by molar-refractivity contribution is -0.115. The molecule has 3 amide bonds. The average molecular weight is 588 g/mol. The van der Waals surface area contributed by atoms with Crippen molar-refractivity contribution < 1.29 is 23.9 Å². The van der Waals surface area contributed by atoms with Crippen molar-refractivity contribution in [2.24, 2.45) is 0 Å². The monoisotopic (exact) mass is 587 g/mol. The summed E-state index contributed by atoms with van der Waals surface area (Å²) >= 11 is 2.31. The van der Waals surface area contributed by atoms with Crippen LogP contribution < -0.4 is 16.0 Å². The van der Waals surface area contributed by atoms with Crippen molar-refractivity contribution >= 4 is 63.2 Å². The maximum Gasteiger partial charge on any atom is 0.341 e. The Balaban J connectivity index is 1.41. The van der Waals surface area contributed by atoms with Gasteiger partial charge in [0.15, 0.2) is 0 Å². The van der Waals surface area contributed by atoms with Gasteiger partial charge < -0.3 is 20.7 Å². The average Bonchev–Trinajstić information content (AvgIpc) is 3.28. The van der Waals surface area contributed by atoms with Gasteiger partial charge in [-0.25, -0.2) is 4.79 Å². The van der Waals surface area contributed by atoms with E-state index in [-0.39, 0.29) is 47.1 Å². The van der Waals surface area contributed by atoms with Crippen LogP contribution in [-0.4, -0.2) is 36.1 Å². The van der Waals surface area contributed by atoms with Gasteiger partial charge in [-0.2, -0.15) is 0 Å². The second-order valence-electron chi connectivity index (χ2n) is 8.88. The Morgan fingerprint density at radius 2 is 1.49 bits per heavy atom. The maximum atomic E-state index is 13.0. The fourth-order valence-corrected chi connectivity index (χ4v) is 5.80. The standard InChI is InChI=1S/C31H29N3O5S2/c1-3-39-31(38)27-20(2)28(29(37)33-22-13-8-5-9-14-22)41-30(27)34-26(36)19-40-24-16-10-15-23(18-24)32-25(35)17-21-11-6-4-7-12-21/h4-16,18H,3,17,19H2,1-2H3,(H,32,35)(H,33,37)(H,34,36). The molecule has 0 radical (unpaired) electrons. The first-order valence-corrected chi connectivity index (χ1v) is 14.7. The molecule has 0 spiro atoms. The minimum Gasteiger partial charge on any atom is -0.462 e. The van der Waals surface area contributed by atoms with Gasteiger partial charge in [-0.15, -0.1) is 23.1 Å². The smallest absolute Gasteiger partial charge is 0.341 e. The van der Waals surface area contributed by atoms with Gasteiger partial charge in [-0.1, -0.05) is 54.6 Å². The number of rotatable bonds is 11.